The van der Waals surface area contributed by atoms with E-state index in [1.807, 2.05) is 0 Å². The molecule has 0 aromatic heterocycles. The number of piperidine rings is 1. The van der Waals surface area contributed by atoms with Gasteiger partial charge in [-0.25, -0.2) is 4.39 Å². The number of carbonyl (C=O) groups excluding carboxylic acids is 2. The van der Waals surface area contributed by atoms with Crippen LogP contribution in [0.1, 0.15) is 26.2 Å². The monoisotopic (exact) mass is 355 g/mol. The highest BCUT2D eigenvalue weighted by Gasteiger charge is 2.36. The van der Waals surface area contributed by atoms with E-state index in [-0.39, 0.29) is 35.8 Å². The van der Waals surface area contributed by atoms with Crippen LogP contribution >= 0.6 is 12.4 Å². The van der Waals surface area contributed by atoms with Crippen molar-refractivity contribution in [2.75, 3.05) is 18.0 Å². The van der Waals surface area contributed by atoms with Gasteiger partial charge in [0.1, 0.15) is 11.9 Å². The van der Waals surface area contributed by atoms with E-state index in [9.17, 15) is 14.0 Å². The lowest BCUT2D eigenvalue weighted by molar-refractivity contribution is -0.130. The molecule has 2 heterocycles. The van der Waals surface area contributed by atoms with Crippen molar-refractivity contribution in [3.8, 4) is 0 Å². The van der Waals surface area contributed by atoms with Gasteiger partial charge in [0.15, 0.2) is 0 Å². The fourth-order valence-corrected chi connectivity index (χ4v) is 3.38. The van der Waals surface area contributed by atoms with Gasteiger partial charge in [0.05, 0.1) is 5.69 Å². The SMILES string of the molecule is C[C@H]1C[C@@H](C(=O)NC2CCN(c3ccccc3F)C2=O)CCN1.Cl. The Morgan fingerprint density at radius 2 is 2.08 bits per heavy atom. The number of hydrogen-bond donors (Lipinski definition) is 2. The molecule has 24 heavy (non-hydrogen) atoms. The second-order valence-electron chi connectivity index (χ2n) is 6.37. The number of carbonyl (C=O) groups is 2. The molecule has 2 saturated heterocycles. The van der Waals surface area contributed by atoms with Gasteiger partial charge in [-0.15, -0.1) is 12.4 Å². The molecule has 2 N–H and O–H groups in total. The third kappa shape index (κ3) is 3.87. The summed E-state index contributed by atoms with van der Waals surface area (Å²) < 4.78 is 13.9. The first-order chi connectivity index (χ1) is 11.1. The molecule has 1 aromatic rings. The summed E-state index contributed by atoms with van der Waals surface area (Å²) in [7, 11) is 0. The number of rotatable bonds is 3. The van der Waals surface area contributed by atoms with Crippen LogP contribution in [-0.4, -0.2) is 37.0 Å². The molecule has 7 heteroatoms. The highest BCUT2D eigenvalue weighted by atomic mass is 35.5. The van der Waals surface area contributed by atoms with E-state index in [0.29, 0.717) is 19.0 Å². The molecule has 2 amide bonds. The minimum Gasteiger partial charge on any atom is -0.344 e. The normalized spacial score (nSPS) is 26.8. The molecule has 0 radical (unpaired) electrons. The van der Waals surface area contributed by atoms with Gasteiger partial charge in [-0.05, 0) is 44.9 Å². The average molecular weight is 356 g/mol. The first kappa shape index (κ1) is 18.7. The summed E-state index contributed by atoms with van der Waals surface area (Å²) in [6, 6.07) is 5.99. The smallest absolute Gasteiger partial charge is 0.249 e. The maximum Gasteiger partial charge on any atom is 0.249 e. The van der Waals surface area contributed by atoms with Gasteiger partial charge in [0, 0.05) is 18.5 Å². The molecule has 2 aliphatic heterocycles. The van der Waals surface area contributed by atoms with E-state index in [4.69, 9.17) is 0 Å². The van der Waals surface area contributed by atoms with Crippen molar-refractivity contribution in [2.45, 2.75) is 38.3 Å². The lowest BCUT2D eigenvalue weighted by Crippen LogP contribution is -2.47. The Balaban J connectivity index is 0.00000208. The standard InChI is InChI=1S/C17H22FN3O2.ClH/c1-11-10-12(6-8-19-11)16(22)20-14-7-9-21(17(14)23)15-5-3-2-4-13(15)18;/h2-5,11-12,14,19H,6-10H2,1H3,(H,20,22);1H/t11-,12-,14?;/m0./s1. The zero-order valence-corrected chi connectivity index (χ0v) is 14.4. The molecule has 3 rings (SSSR count). The second kappa shape index (κ2) is 7.94. The molecule has 0 spiro atoms. The van der Waals surface area contributed by atoms with Crippen molar-refractivity contribution in [2.24, 2.45) is 5.92 Å². The van der Waals surface area contributed by atoms with Crippen molar-refractivity contribution in [1.82, 2.24) is 10.6 Å². The van der Waals surface area contributed by atoms with Crippen LogP contribution in [0.15, 0.2) is 24.3 Å². The van der Waals surface area contributed by atoms with E-state index in [1.165, 1.54) is 11.0 Å². The predicted molar refractivity (Wildman–Crippen MR) is 92.7 cm³/mol. The Kier molecular flexibility index (Phi) is 6.18. The van der Waals surface area contributed by atoms with Gasteiger partial charge in [-0.3, -0.25) is 9.59 Å². The van der Waals surface area contributed by atoms with Crippen LogP contribution in [-0.2, 0) is 9.59 Å². The van der Waals surface area contributed by atoms with Crippen molar-refractivity contribution in [3.63, 3.8) is 0 Å². The van der Waals surface area contributed by atoms with Crippen LogP contribution < -0.4 is 15.5 Å². The van der Waals surface area contributed by atoms with Gasteiger partial charge in [0.2, 0.25) is 11.8 Å². The van der Waals surface area contributed by atoms with Crippen LogP contribution in [0.2, 0.25) is 0 Å². The number of para-hydroxylation sites is 1. The zero-order valence-electron chi connectivity index (χ0n) is 13.6. The zero-order chi connectivity index (χ0) is 16.4. The summed E-state index contributed by atoms with van der Waals surface area (Å²) in [5, 5.41) is 6.16. The Labute approximate surface area is 147 Å². The number of anilines is 1. The van der Waals surface area contributed by atoms with Crippen molar-refractivity contribution < 1.29 is 14.0 Å². The van der Waals surface area contributed by atoms with E-state index in [0.717, 1.165) is 19.4 Å². The quantitative estimate of drug-likeness (QED) is 0.870. The predicted octanol–water partition coefficient (Wildman–Crippen LogP) is 1.86. The number of halogens is 2. The van der Waals surface area contributed by atoms with Crippen molar-refractivity contribution in [1.29, 1.82) is 0 Å². The number of benzene rings is 1. The van der Waals surface area contributed by atoms with E-state index < -0.39 is 11.9 Å². The molecule has 2 aliphatic rings. The number of nitrogens with one attached hydrogen (secondary N) is 2. The third-order valence-corrected chi connectivity index (χ3v) is 4.66. The van der Waals surface area contributed by atoms with Crippen LogP contribution in [0, 0.1) is 11.7 Å². The van der Waals surface area contributed by atoms with Crippen molar-refractivity contribution >= 4 is 29.9 Å². The van der Waals surface area contributed by atoms with Gasteiger partial charge in [-0.2, -0.15) is 0 Å². The van der Waals surface area contributed by atoms with E-state index in [1.54, 1.807) is 18.2 Å². The fourth-order valence-electron chi connectivity index (χ4n) is 3.38. The second-order valence-corrected chi connectivity index (χ2v) is 6.37. The molecular weight excluding hydrogens is 333 g/mol. The molecule has 0 saturated carbocycles. The first-order valence-corrected chi connectivity index (χ1v) is 8.16. The Hall–Kier alpha value is -1.66. The van der Waals surface area contributed by atoms with E-state index in [2.05, 4.69) is 17.6 Å². The van der Waals surface area contributed by atoms with Gasteiger partial charge < -0.3 is 15.5 Å². The van der Waals surface area contributed by atoms with Gasteiger partial charge in [-0.1, -0.05) is 12.1 Å². The van der Waals surface area contributed by atoms with Crippen LogP contribution in [0.3, 0.4) is 0 Å². The molecule has 0 aliphatic carbocycles. The largest absolute Gasteiger partial charge is 0.344 e. The summed E-state index contributed by atoms with van der Waals surface area (Å²) in [4.78, 5) is 26.3. The van der Waals surface area contributed by atoms with Crippen LogP contribution in [0.4, 0.5) is 10.1 Å². The van der Waals surface area contributed by atoms with E-state index >= 15 is 0 Å². The summed E-state index contributed by atoms with van der Waals surface area (Å²) >= 11 is 0. The summed E-state index contributed by atoms with van der Waals surface area (Å²) in [6.45, 7) is 3.30. The highest BCUT2D eigenvalue weighted by Crippen LogP contribution is 2.25. The lowest BCUT2D eigenvalue weighted by atomic mass is 9.92. The molecule has 132 valence electrons. The molecule has 1 aromatic carbocycles. The molecule has 2 fully saturated rings. The Morgan fingerprint density at radius 3 is 2.79 bits per heavy atom. The van der Waals surface area contributed by atoms with Crippen molar-refractivity contribution in [3.05, 3.63) is 30.1 Å². The maximum atomic E-state index is 13.9. The number of nitrogens with zero attached hydrogens (tertiary/aromatic N) is 1. The average Bonchev–Trinajstić information content (AvgIpc) is 2.89. The maximum absolute atomic E-state index is 13.9. The van der Waals surface area contributed by atoms with Crippen LogP contribution in [0.5, 0.6) is 0 Å². The molecule has 0 bridgehead atoms. The fraction of sp³-hybridized carbons (Fsp3) is 0.529. The minimum atomic E-state index is -0.549. The molecule has 3 atom stereocenters. The third-order valence-electron chi connectivity index (χ3n) is 4.66. The number of amides is 2. The Bertz CT molecular complexity index is 613. The number of hydrogen-bond acceptors (Lipinski definition) is 3. The topological polar surface area (TPSA) is 61.4 Å². The summed E-state index contributed by atoms with van der Waals surface area (Å²) in [6.07, 6.45) is 2.08. The van der Waals surface area contributed by atoms with Crippen LogP contribution in [0.25, 0.3) is 0 Å². The molecular formula is C17H23ClFN3O2. The molecule has 5 nitrogen and oxygen atoms in total. The lowest BCUT2D eigenvalue weighted by Gasteiger charge is -2.28. The first-order valence-electron chi connectivity index (χ1n) is 8.16. The minimum absolute atomic E-state index is 0. The Morgan fingerprint density at radius 1 is 1.33 bits per heavy atom. The van der Waals surface area contributed by atoms with Gasteiger partial charge in [0.25, 0.3) is 0 Å². The van der Waals surface area contributed by atoms with Gasteiger partial charge >= 0.3 is 0 Å². The summed E-state index contributed by atoms with van der Waals surface area (Å²) in [5.41, 5.74) is 0.282. The molecule has 1 unspecified atom stereocenters. The summed E-state index contributed by atoms with van der Waals surface area (Å²) in [5.74, 6) is -0.765. The highest BCUT2D eigenvalue weighted by molar-refractivity contribution is 6.01.